The number of aromatic nitrogens is 2. The Morgan fingerprint density at radius 3 is 2.88 bits per heavy atom. The Morgan fingerprint density at radius 1 is 1.42 bits per heavy atom. The summed E-state index contributed by atoms with van der Waals surface area (Å²) in [6.45, 7) is 7.24. The Morgan fingerprint density at radius 2 is 2.19 bits per heavy atom. The van der Waals surface area contributed by atoms with Gasteiger partial charge in [0.05, 0.1) is 16.8 Å². The number of hydrogen-bond acceptors (Lipinski definition) is 6. The second kappa shape index (κ2) is 7.81. The minimum Gasteiger partial charge on any atom is -0.358 e. The summed E-state index contributed by atoms with van der Waals surface area (Å²) in [5.74, 6) is -0.0427. The molecule has 3 rings (SSSR count). The van der Waals surface area contributed by atoms with E-state index < -0.39 is 0 Å². The van der Waals surface area contributed by atoms with Gasteiger partial charge in [0.2, 0.25) is 0 Å². The molecule has 2 heterocycles. The number of thiazole rings is 1. The Kier molecular flexibility index (Phi) is 5.49. The first-order chi connectivity index (χ1) is 12.6. The highest BCUT2D eigenvalue weighted by Crippen LogP contribution is 2.32. The molecule has 0 aliphatic heterocycles. The number of amides is 1. The van der Waals surface area contributed by atoms with Crippen LogP contribution in [0.1, 0.15) is 35.5 Å². The summed E-state index contributed by atoms with van der Waals surface area (Å²) in [6.07, 6.45) is 1.72. The summed E-state index contributed by atoms with van der Waals surface area (Å²) in [7, 11) is 0. The smallest absolute Gasteiger partial charge is 0.273 e. The fourth-order valence-electron chi connectivity index (χ4n) is 2.77. The number of anilines is 1. The lowest BCUT2D eigenvalue weighted by Crippen LogP contribution is -2.30. The lowest BCUT2D eigenvalue weighted by molar-refractivity contribution is 0.0767. The third kappa shape index (κ3) is 3.41. The van der Waals surface area contributed by atoms with Crippen molar-refractivity contribution in [3.63, 3.8) is 0 Å². The summed E-state index contributed by atoms with van der Waals surface area (Å²) >= 11 is 2.79. The maximum atomic E-state index is 12.3. The van der Waals surface area contributed by atoms with Gasteiger partial charge in [0.1, 0.15) is 11.8 Å². The van der Waals surface area contributed by atoms with Crippen molar-refractivity contribution in [2.45, 2.75) is 25.1 Å². The highest BCUT2D eigenvalue weighted by Gasteiger charge is 2.17. The maximum absolute atomic E-state index is 12.3. The highest BCUT2D eigenvalue weighted by atomic mass is 32.2. The zero-order valence-corrected chi connectivity index (χ0v) is 16.4. The van der Waals surface area contributed by atoms with Crippen LogP contribution in [0.4, 0.5) is 5.69 Å². The minimum absolute atomic E-state index is 0.0427. The molecule has 2 aromatic heterocycles. The topological polar surface area (TPSA) is 84.8 Å². The van der Waals surface area contributed by atoms with Crippen molar-refractivity contribution in [3.8, 4) is 6.07 Å². The summed E-state index contributed by atoms with van der Waals surface area (Å²) in [5.41, 5.74) is 3.93. The van der Waals surface area contributed by atoms with Gasteiger partial charge in [0, 0.05) is 42.0 Å². The van der Waals surface area contributed by atoms with E-state index in [4.69, 9.17) is 0 Å². The molecule has 0 atom stereocenters. The number of benzene rings is 1. The molecule has 2 N–H and O–H groups in total. The Bertz CT molecular complexity index is 981. The summed E-state index contributed by atoms with van der Waals surface area (Å²) in [4.78, 5) is 21.7. The Balaban J connectivity index is 1.78. The molecule has 0 unspecified atom stereocenters. The van der Waals surface area contributed by atoms with E-state index in [1.807, 2.05) is 32.9 Å². The number of nitrogens with zero attached hydrogens (tertiary/aromatic N) is 3. The molecular weight excluding hydrogens is 366 g/mol. The number of carbonyl (C=O) groups is 1. The molecule has 0 bridgehead atoms. The van der Waals surface area contributed by atoms with Crippen LogP contribution in [0.15, 0.2) is 28.0 Å². The standard InChI is InChI=1S/C18H19N5OS2/c1-4-23(5-2)17(24)14-10-25-18(21-14)26-22-13-7-6-11(3)15-12(8-19)9-20-16(13)15/h6-7,9-10,20,22H,4-5H2,1-3H3. The number of carbonyl (C=O) groups excluding carboxylic acids is 1. The molecule has 0 aliphatic rings. The second-order valence-corrected chi connectivity index (χ2v) is 7.59. The average molecular weight is 386 g/mol. The van der Waals surface area contributed by atoms with Crippen molar-refractivity contribution in [1.29, 1.82) is 5.26 Å². The van der Waals surface area contributed by atoms with E-state index in [0.717, 1.165) is 26.5 Å². The van der Waals surface area contributed by atoms with Gasteiger partial charge in [0.15, 0.2) is 4.34 Å². The monoisotopic (exact) mass is 385 g/mol. The van der Waals surface area contributed by atoms with Gasteiger partial charge in [-0.2, -0.15) is 5.26 Å². The predicted molar refractivity (Wildman–Crippen MR) is 107 cm³/mol. The van der Waals surface area contributed by atoms with Crippen LogP contribution >= 0.6 is 23.3 Å². The molecule has 0 spiro atoms. The van der Waals surface area contributed by atoms with Gasteiger partial charge >= 0.3 is 0 Å². The second-order valence-electron chi connectivity index (χ2n) is 5.67. The van der Waals surface area contributed by atoms with Crippen molar-refractivity contribution >= 4 is 45.8 Å². The number of nitriles is 1. The number of hydrogen-bond donors (Lipinski definition) is 2. The number of rotatable bonds is 6. The number of aryl methyl sites for hydroxylation is 1. The van der Waals surface area contributed by atoms with E-state index >= 15 is 0 Å². The summed E-state index contributed by atoms with van der Waals surface area (Å²) in [6, 6.07) is 6.16. The average Bonchev–Trinajstić information content (AvgIpc) is 3.29. The van der Waals surface area contributed by atoms with Crippen LogP contribution in [-0.2, 0) is 0 Å². The third-order valence-corrected chi connectivity index (χ3v) is 5.93. The van der Waals surface area contributed by atoms with Crippen molar-refractivity contribution < 1.29 is 4.79 Å². The Hall–Kier alpha value is -2.50. The van der Waals surface area contributed by atoms with E-state index in [9.17, 15) is 10.1 Å². The first-order valence-corrected chi connectivity index (χ1v) is 9.97. The zero-order chi connectivity index (χ0) is 18.7. The van der Waals surface area contributed by atoms with E-state index in [0.29, 0.717) is 24.3 Å². The first-order valence-electron chi connectivity index (χ1n) is 8.27. The van der Waals surface area contributed by atoms with E-state index in [1.165, 1.54) is 23.3 Å². The van der Waals surface area contributed by atoms with E-state index in [1.54, 1.807) is 16.5 Å². The molecule has 0 saturated carbocycles. The van der Waals surface area contributed by atoms with E-state index in [-0.39, 0.29) is 5.91 Å². The van der Waals surface area contributed by atoms with Gasteiger partial charge in [-0.3, -0.25) is 4.79 Å². The fraction of sp³-hybridized carbons (Fsp3) is 0.278. The van der Waals surface area contributed by atoms with Crippen LogP contribution in [0.3, 0.4) is 0 Å². The molecule has 1 amide bonds. The van der Waals surface area contributed by atoms with Crippen LogP contribution in [0.5, 0.6) is 0 Å². The van der Waals surface area contributed by atoms with Gasteiger partial charge in [-0.1, -0.05) is 6.07 Å². The molecule has 8 heteroatoms. The largest absolute Gasteiger partial charge is 0.358 e. The highest BCUT2D eigenvalue weighted by molar-refractivity contribution is 8.02. The summed E-state index contributed by atoms with van der Waals surface area (Å²) in [5, 5.41) is 12.0. The lowest BCUT2D eigenvalue weighted by atomic mass is 10.1. The van der Waals surface area contributed by atoms with Crippen molar-refractivity contribution in [2.75, 3.05) is 17.8 Å². The number of nitrogens with one attached hydrogen (secondary N) is 2. The number of aromatic amines is 1. The minimum atomic E-state index is -0.0427. The van der Waals surface area contributed by atoms with Crippen LogP contribution in [0.2, 0.25) is 0 Å². The predicted octanol–water partition coefficient (Wildman–Crippen LogP) is 4.41. The molecule has 0 aliphatic carbocycles. The maximum Gasteiger partial charge on any atom is 0.273 e. The summed E-state index contributed by atoms with van der Waals surface area (Å²) < 4.78 is 4.04. The number of fused-ring (bicyclic) bond motifs is 1. The zero-order valence-electron chi connectivity index (χ0n) is 14.8. The quantitative estimate of drug-likeness (QED) is 0.614. The molecule has 0 radical (unpaired) electrons. The first kappa shape index (κ1) is 18.3. The van der Waals surface area contributed by atoms with Gasteiger partial charge in [-0.05, 0) is 32.4 Å². The molecule has 3 aromatic rings. The fourth-order valence-corrected chi connectivity index (χ4v) is 4.26. The van der Waals surface area contributed by atoms with Crippen molar-refractivity contribution in [3.05, 3.63) is 40.5 Å². The molecule has 1 aromatic carbocycles. The molecule has 0 fully saturated rings. The van der Waals surface area contributed by atoms with Gasteiger partial charge in [-0.15, -0.1) is 11.3 Å². The molecule has 26 heavy (non-hydrogen) atoms. The van der Waals surface area contributed by atoms with Gasteiger partial charge < -0.3 is 14.6 Å². The van der Waals surface area contributed by atoms with Gasteiger partial charge in [-0.25, -0.2) is 4.98 Å². The lowest BCUT2D eigenvalue weighted by Gasteiger charge is -2.16. The van der Waals surface area contributed by atoms with Crippen LogP contribution in [-0.4, -0.2) is 33.9 Å². The third-order valence-electron chi connectivity index (χ3n) is 4.17. The van der Waals surface area contributed by atoms with Crippen LogP contribution in [0, 0.1) is 18.3 Å². The SMILES string of the molecule is CCN(CC)C(=O)c1csc(SNc2ccc(C)c3c(C#N)c[nH]c23)n1. The molecule has 0 saturated heterocycles. The molecule has 6 nitrogen and oxygen atoms in total. The normalized spacial score (nSPS) is 10.7. The van der Waals surface area contributed by atoms with Crippen molar-refractivity contribution in [2.24, 2.45) is 0 Å². The van der Waals surface area contributed by atoms with E-state index in [2.05, 4.69) is 20.8 Å². The molecule has 134 valence electrons. The molecular formula is C18H19N5OS2. The van der Waals surface area contributed by atoms with Crippen LogP contribution in [0.25, 0.3) is 10.9 Å². The number of H-pyrrole nitrogens is 1. The van der Waals surface area contributed by atoms with Crippen molar-refractivity contribution in [1.82, 2.24) is 14.9 Å². The van der Waals surface area contributed by atoms with Crippen LogP contribution < -0.4 is 4.72 Å². The Labute approximate surface area is 160 Å². The van der Waals surface area contributed by atoms with Gasteiger partial charge in [0.25, 0.3) is 5.91 Å².